The maximum Gasteiger partial charge on any atom is 0.339 e. The number of hydrogen-bond acceptors (Lipinski definition) is 3. The van der Waals surface area contributed by atoms with Gasteiger partial charge in [0, 0.05) is 11.1 Å². The summed E-state index contributed by atoms with van der Waals surface area (Å²) in [7, 11) is 1.38. The number of carbonyl (C=O) groups excluding carboxylic acids is 1. The highest BCUT2D eigenvalue weighted by molar-refractivity contribution is 6.31. The number of hydrogen-bond donors (Lipinski definition) is 1. The highest BCUT2D eigenvalue weighted by Crippen LogP contribution is 2.35. The Morgan fingerprint density at radius 3 is 2.82 bits per heavy atom. The average molecular weight is 254 g/mol. The van der Waals surface area contributed by atoms with Gasteiger partial charge in [0.15, 0.2) is 0 Å². The number of halogens is 1. The Hall–Kier alpha value is -1.22. The second-order valence-electron chi connectivity index (χ2n) is 4.45. The molecule has 1 fully saturated rings. The summed E-state index contributed by atoms with van der Waals surface area (Å²) in [6.45, 7) is 2.12. The summed E-state index contributed by atoms with van der Waals surface area (Å²) >= 11 is 5.95. The highest BCUT2D eigenvalue weighted by Gasteiger charge is 2.28. The lowest BCUT2D eigenvalue weighted by atomic mass is 10.1. The van der Waals surface area contributed by atoms with E-state index in [-0.39, 0.29) is 5.97 Å². The first-order chi connectivity index (χ1) is 8.11. The monoisotopic (exact) mass is 253 g/mol. The molecule has 0 aromatic heterocycles. The van der Waals surface area contributed by atoms with Crippen LogP contribution in [0.4, 0.5) is 5.69 Å². The lowest BCUT2D eigenvalue weighted by Crippen LogP contribution is -2.19. The second-order valence-corrected chi connectivity index (χ2v) is 4.89. The minimum Gasteiger partial charge on any atom is -0.465 e. The van der Waals surface area contributed by atoms with Crippen LogP contribution in [0.3, 0.4) is 0 Å². The number of esters is 1. The lowest BCUT2D eigenvalue weighted by Gasteiger charge is -2.17. The molecule has 1 saturated carbocycles. The van der Waals surface area contributed by atoms with Crippen LogP contribution in [0.25, 0.3) is 0 Å². The molecule has 0 radical (unpaired) electrons. The molecule has 1 unspecified atom stereocenters. The molecule has 2 rings (SSSR count). The van der Waals surface area contributed by atoms with E-state index in [1.807, 2.05) is 0 Å². The van der Waals surface area contributed by atoms with Crippen molar-refractivity contribution in [1.82, 2.24) is 0 Å². The van der Waals surface area contributed by atoms with Gasteiger partial charge in [-0.1, -0.05) is 11.6 Å². The van der Waals surface area contributed by atoms with Gasteiger partial charge in [0.2, 0.25) is 0 Å². The van der Waals surface area contributed by atoms with Crippen LogP contribution in [0.15, 0.2) is 18.2 Å². The minimum atomic E-state index is -0.341. The summed E-state index contributed by atoms with van der Waals surface area (Å²) in [5, 5.41) is 3.96. The van der Waals surface area contributed by atoms with E-state index in [0.717, 1.165) is 5.69 Å². The first-order valence-electron chi connectivity index (χ1n) is 5.76. The van der Waals surface area contributed by atoms with E-state index in [1.165, 1.54) is 20.0 Å². The zero-order valence-electron chi connectivity index (χ0n) is 10.00. The van der Waals surface area contributed by atoms with Gasteiger partial charge >= 0.3 is 5.97 Å². The molecule has 1 aromatic rings. The molecule has 0 heterocycles. The Morgan fingerprint density at radius 1 is 1.53 bits per heavy atom. The van der Waals surface area contributed by atoms with Gasteiger partial charge in [0.05, 0.1) is 18.4 Å². The second kappa shape index (κ2) is 4.96. The number of nitrogens with one attached hydrogen (secondary N) is 1. The van der Waals surface area contributed by atoms with E-state index >= 15 is 0 Å². The fourth-order valence-electron chi connectivity index (χ4n) is 1.88. The normalized spacial score (nSPS) is 16.4. The van der Waals surface area contributed by atoms with Crippen LogP contribution < -0.4 is 5.32 Å². The van der Waals surface area contributed by atoms with Crippen molar-refractivity contribution in [3.63, 3.8) is 0 Å². The highest BCUT2D eigenvalue weighted by atomic mass is 35.5. The molecule has 0 bridgehead atoms. The van der Waals surface area contributed by atoms with Gasteiger partial charge in [-0.3, -0.25) is 0 Å². The van der Waals surface area contributed by atoms with Gasteiger partial charge in [-0.05, 0) is 43.9 Å². The van der Waals surface area contributed by atoms with E-state index in [2.05, 4.69) is 12.2 Å². The number of rotatable bonds is 4. The van der Waals surface area contributed by atoms with Crippen molar-refractivity contribution in [2.45, 2.75) is 25.8 Å². The first kappa shape index (κ1) is 12.2. The summed E-state index contributed by atoms with van der Waals surface area (Å²) in [6.07, 6.45) is 2.50. The van der Waals surface area contributed by atoms with Crippen molar-refractivity contribution in [3.8, 4) is 0 Å². The number of carbonyl (C=O) groups is 1. The van der Waals surface area contributed by atoms with Gasteiger partial charge in [0.1, 0.15) is 0 Å². The van der Waals surface area contributed by atoms with Gasteiger partial charge in [-0.15, -0.1) is 0 Å². The fourth-order valence-corrected chi connectivity index (χ4v) is 2.06. The zero-order valence-corrected chi connectivity index (χ0v) is 10.8. The molecule has 0 amide bonds. The molecule has 0 saturated heterocycles. The standard InChI is InChI=1S/C13H16ClNO2/c1-8(9-3-4-9)15-12-7-10(14)5-6-11(12)13(16)17-2/h5-9,15H,3-4H2,1-2H3. The molecule has 4 heteroatoms. The average Bonchev–Trinajstić information content (AvgIpc) is 3.12. The van der Waals surface area contributed by atoms with Crippen LogP contribution in [-0.2, 0) is 4.74 Å². The van der Waals surface area contributed by atoms with Gasteiger partial charge in [-0.25, -0.2) is 4.79 Å². The van der Waals surface area contributed by atoms with Gasteiger partial charge in [-0.2, -0.15) is 0 Å². The van der Waals surface area contributed by atoms with Crippen LogP contribution >= 0.6 is 11.6 Å². The van der Waals surface area contributed by atoms with Crippen molar-refractivity contribution in [2.24, 2.45) is 5.92 Å². The Morgan fingerprint density at radius 2 is 2.24 bits per heavy atom. The third kappa shape index (κ3) is 2.91. The third-order valence-electron chi connectivity index (χ3n) is 3.10. The predicted octanol–water partition coefficient (Wildman–Crippen LogP) is 3.34. The van der Waals surface area contributed by atoms with Crippen LogP contribution in [0.2, 0.25) is 5.02 Å². The van der Waals surface area contributed by atoms with Crippen molar-refractivity contribution < 1.29 is 9.53 Å². The molecule has 1 aromatic carbocycles. The van der Waals surface area contributed by atoms with Crippen molar-refractivity contribution in [2.75, 3.05) is 12.4 Å². The largest absolute Gasteiger partial charge is 0.465 e. The molecule has 0 aliphatic heterocycles. The van der Waals surface area contributed by atoms with Gasteiger partial charge < -0.3 is 10.1 Å². The first-order valence-corrected chi connectivity index (χ1v) is 6.14. The predicted molar refractivity (Wildman–Crippen MR) is 68.6 cm³/mol. The Labute approximate surface area is 106 Å². The van der Waals surface area contributed by atoms with E-state index in [9.17, 15) is 4.79 Å². The molecule has 1 aliphatic rings. The molecular formula is C13H16ClNO2. The summed E-state index contributed by atoms with van der Waals surface area (Å²) in [4.78, 5) is 11.6. The third-order valence-corrected chi connectivity index (χ3v) is 3.33. The Balaban J connectivity index is 2.22. The smallest absolute Gasteiger partial charge is 0.339 e. The number of methoxy groups -OCH3 is 1. The maximum absolute atomic E-state index is 11.6. The molecule has 1 aliphatic carbocycles. The summed E-state index contributed by atoms with van der Waals surface area (Å²) in [6, 6.07) is 5.51. The van der Waals surface area contributed by atoms with E-state index in [1.54, 1.807) is 18.2 Å². The van der Waals surface area contributed by atoms with E-state index < -0.39 is 0 Å². The van der Waals surface area contributed by atoms with Crippen molar-refractivity contribution in [1.29, 1.82) is 0 Å². The van der Waals surface area contributed by atoms with Crippen LogP contribution in [-0.4, -0.2) is 19.1 Å². The number of anilines is 1. The maximum atomic E-state index is 11.6. The summed E-state index contributed by atoms with van der Waals surface area (Å²) in [5.74, 6) is 0.367. The molecule has 17 heavy (non-hydrogen) atoms. The molecule has 3 nitrogen and oxygen atoms in total. The summed E-state index contributed by atoms with van der Waals surface area (Å²) in [5.41, 5.74) is 1.29. The molecular weight excluding hydrogens is 238 g/mol. The quantitative estimate of drug-likeness (QED) is 0.837. The Bertz CT molecular complexity index is 429. The SMILES string of the molecule is COC(=O)c1ccc(Cl)cc1NC(C)C1CC1. The minimum absolute atomic E-state index is 0.341. The van der Waals surface area contributed by atoms with Crippen LogP contribution in [0.1, 0.15) is 30.1 Å². The van der Waals surface area contributed by atoms with Crippen LogP contribution in [0, 0.1) is 5.92 Å². The summed E-state index contributed by atoms with van der Waals surface area (Å²) < 4.78 is 4.75. The zero-order chi connectivity index (χ0) is 12.4. The van der Waals surface area contributed by atoms with Gasteiger partial charge in [0.25, 0.3) is 0 Å². The number of ether oxygens (including phenoxy) is 1. The Kier molecular flexibility index (Phi) is 3.57. The molecule has 1 atom stereocenters. The molecule has 1 N–H and O–H groups in total. The lowest BCUT2D eigenvalue weighted by molar-refractivity contribution is 0.0602. The van der Waals surface area contributed by atoms with Crippen molar-refractivity contribution >= 4 is 23.3 Å². The fraction of sp³-hybridized carbons (Fsp3) is 0.462. The van der Waals surface area contributed by atoms with Crippen LogP contribution in [0.5, 0.6) is 0 Å². The molecule has 0 spiro atoms. The molecule has 92 valence electrons. The van der Waals surface area contributed by atoms with E-state index in [0.29, 0.717) is 22.5 Å². The topological polar surface area (TPSA) is 38.3 Å². The van der Waals surface area contributed by atoms with Crippen molar-refractivity contribution in [3.05, 3.63) is 28.8 Å². The van der Waals surface area contributed by atoms with E-state index in [4.69, 9.17) is 16.3 Å². The number of benzene rings is 1.